The summed E-state index contributed by atoms with van der Waals surface area (Å²) >= 11 is 0. The molecule has 5 nitrogen and oxygen atoms in total. The van der Waals surface area contributed by atoms with Crippen LogP contribution in [-0.2, 0) is 16.0 Å². The summed E-state index contributed by atoms with van der Waals surface area (Å²) in [6.45, 7) is 2.67. The van der Waals surface area contributed by atoms with Crippen molar-refractivity contribution in [3.05, 3.63) is 35.6 Å². The van der Waals surface area contributed by atoms with Gasteiger partial charge in [-0.05, 0) is 43.6 Å². The summed E-state index contributed by atoms with van der Waals surface area (Å²) in [5.41, 5.74) is 0.677. The lowest BCUT2D eigenvalue weighted by atomic mass is 10.1. The molecule has 1 amide bonds. The fourth-order valence-electron chi connectivity index (χ4n) is 2.94. The standard InChI is InChI=1S/C18H25FN2O3/c19-15-7-5-14(6-8-15)13-16(18(23)24)20-17(22)9-12-21-10-3-1-2-4-11-21/h5-8,16H,1-4,9-13H2,(H,20,22)(H,23,24). The first-order valence-corrected chi connectivity index (χ1v) is 8.53. The molecule has 132 valence electrons. The lowest BCUT2D eigenvalue weighted by Crippen LogP contribution is -2.43. The molecule has 0 spiro atoms. The summed E-state index contributed by atoms with van der Waals surface area (Å²) in [6, 6.07) is 4.65. The van der Waals surface area contributed by atoms with Gasteiger partial charge in [0.05, 0.1) is 0 Å². The minimum atomic E-state index is -1.08. The van der Waals surface area contributed by atoms with Gasteiger partial charge in [0.15, 0.2) is 0 Å². The first kappa shape index (κ1) is 18.4. The zero-order valence-electron chi connectivity index (χ0n) is 13.8. The van der Waals surface area contributed by atoms with Crippen LogP contribution in [0.15, 0.2) is 24.3 Å². The van der Waals surface area contributed by atoms with Crippen LogP contribution in [0.5, 0.6) is 0 Å². The zero-order valence-corrected chi connectivity index (χ0v) is 13.8. The van der Waals surface area contributed by atoms with Crippen LogP contribution in [0.4, 0.5) is 4.39 Å². The van der Waals surface area contributed by atoms with E-state index in [-0.39, 0.29) is 18.1 Å². The Morgan fingerprint density at radius 2 is 1.75 bits per heavy atom. The highest BCUT2D eigenvalue weighted by Crippen LogP contribution is 2.10. The highest BCUT2D eigenvalue weighted by atomic mass is 19.1. The smallest absolute Gasteiger partial charge is 0.326 e. The Kier molecular flexibility index (Phi) is 7.18. The van der Waals surface area contributed by atoms with Gasteiger partial charge in [0.2, 0.25) is 5.91 Å². The number of hydrogen-bond acceptors (Lipinski definition) is 3. The molecule has 0 saturated carbocycles. The molecule has 1 fully saturated rings. The predicted octanol–water partition coefficient (Wildman–Crippen LogP) is 2.20. The Bertz CT molecular complexity index is 540. The van der Waals surface area contributed by atoms with E-state index in [0.29, 0.717) is 18.5 Å². The number of rotatable bonds is 7. The van der Waals surface area contributed by atoms with Crippen molar-refractivity contribution in [2.24, 2.45) is 0 Å². The molecular formula is C18H25FN2O3. The van der Waals surface area contributed by atoms with Crippen molar-refractivity contribution in [3.63, 3.8) is 0 Å². The van der Waals surface area contributed by atoms with Crippen molar-refractivity contribution in [1.29, 1.82) is 0 Å². The Labute approximate surface area is 141 Å². The van der Waals surface area contributed by atoms with E-state index in [1.807, 2.05) is 0 Å². The van der Waals surface area contributed by atoms with Crippen molar-refractivity contribution in [1.82, 2.24) is 10.2 Å². The third-order valence-corrected chi connectivity index (χ3v) is 4.34. The van der Waals surface area contributed by atoms with E-state index in [2.05, 4.69) is 10.2 Å². The summed E-state index contributed by atoms with van der Waals surface area (Å²) in [5.74, 6) is -1.71. The average Bonchev–Trinajstić information content (AvgIpc) is 2.83. The maximum Gasteiger partial charge on any atom is 0.326 e. The zero-order chi connectivity index (χ0) is 17.4. The lowest BCUT2D eigenvalue weighted by molar-refractivity contribution is -0.141. The number of carboxylic acids is 1. The summed E-state index contributed by atoms with van der Waals surface area (Å²) in [4.78, 5) is 25.7. The number of benzene rings is 1. The number of aliphatic carboxylic acids is 1. The highest BCUT2D eigenvalue weighted by Gasteiger charge is 2.21. The van der Waals surface area contributed by atoms with Crippen LogP contribution < -0.4 is 5.32 Å². The molecule has 1 aromatic rings. The van der Waals surface area contributed by atoms with E-state index in [1.54, 1.807) is 0 Å². The lowest BCUT2D eigenvalue weighted by Gasteiger charge is -2.20. The van der Waals surface area contributed by atoms with Gasteiger partial charge in [-0.25, -0.2) is 9.18 Å². The fourth-order valence-corrected chi connectivity index (χ4v) is 2.94. The topological polar surface area (TPSA) is 69.6 Å². The molecule has 1 aliphatic heterocycles. The van der Waals surface area contributed by atoms with Crippen molar-refractivity contribution in [2.75, 3.05) is 19.6 Å². The van der Waals surface area contributed by atoms with Crippen LogP contribution in [0.2, 0.25) is 0 Å². The molecule has 1 unspecified atom stereocenters. The second-order valence-corrected chi connectivity index (χ2v) is 6.29. The minimum absolute atomic E-state index is 0.144. The number of amides is 1. The van der Waals surface area contributed by atoms with Gasteiger partial charge in [0.1, 0.15) is 11.9 Å². The number of likely N-dealkylation sites (tertiary alicyclic amines) is 1. The molecular weight excluding hydrogens is 311 g/mol. The third-order valence-electron chi connectivity index (χ3n) is 4.34. The van der Waals surface area contributed by atoms with Gasteiger partial charge < -0.3 is 15.3 Å². The second kappa shape index (κ2) is 9.37. The van der Waals surface area contributed by atoms with Crippen LogP contribution in [-0.4, -0.2) is 47.6 Å². The Morgan fingerprint density at radius 1 is 1.12 bits per heavy atom. The van der Waals surface area contributed by atoms with E-state index < -0.39 is 12.0 Å². The van der Waals surface area contributed by atoms with Crippen molar-refractivity contribution >= 4 is 11.9 Å². The number of halogens is 1. The van der Waals surface area contributed by atoms with Gasteiger partial charge in [-0.3, -0.25) is 4.79 Å². The van der Waals surface area contributed by atoms with Gasteiger partial charge in [-0.15, -0.1) is 0 Å². The van der Waals surface area contributed by atoms with E-state index in [0.717, 1.165) is 25.9 Å². The van der Waals surface area contributed by atoms with Crippen molar-refractivity contribution in [2.45, 2.75) is 44.6 Å². The molecule has 1 heterocycles. The van der Waals surface area contributed by atoms with Gasteiger partial charge in [0, 0.05) is 19.4 Å². The first-order valence-electron chi connectivity index (χ1n) is 8.53. The first-order chi connectivity index (χ1) is 11.5. The van der Waals surface area contributed by atoms with Gasteiger partial charge in [0.25, 0.3) is 0 Å². The Morgan fingerprint density at radius 3 is 2.33 bits per heavy atom. The quantitative estimate of drug-likeness (QED) is 0.801. The van der Waals surface area contributed by atoms with Crippen LogP contribution >= 0.6 is 0 Å². The summed E-state index contributed by atoms with van der Waals surface area (Å²) < 4.78 is 12.9. The monoisotopic (exact) mass is 336 g/mol. The normalized spacial score (nSPS) is 17.0. The summed E-state index contributed by atoms with van der Waals surface area (Å²) in [5, 5.41) is 11.9. The number of carbonyl (C=O) groups is 2. The largest absolute Gasteiger partial charge is 0.480 e. The van der Waals surface area contributed by atoms with Crippen LogP contribution in [0, 0.1) is 5.82 Å². The highest BCUT2D eigenvalue weighted by molar-refractivity contribution is 5.83. The third kappa shape index (κ3) is 6.28. The van der Waals surface area contributed by atoms with E-state index in [9.17, 15) is 19.1 Å². The fraction of sp³-hybridized carbons (Fsp3) is 0.556. The molecule has 0 radical (unpaired) electrons. The van der Waals surface area contributed by atoms with E-state index >= 15 is 0 Å². The van der Waals surface area contributed by atoms with Crippen LogP contribution in [0.3, 0.4) is 0 Å². The Balaban J connectivity index is 1.81. The van der Waals surface area contributed by atoms with E-state index in [4.69, 9.17) is 0 Å². The molecule has 1 saturated heterocycles. The second-order valence-electron chi connectivity index (χ2n) is 6.29. The summed E-state index contributed by atoms with van der Waals surface area (Å²) in [7, 11) is 0. The van der Waals surface area contributed by atoms with Gasteiger partial charge in [-0.2, -0.15) is 0 Å². The maximum absolute atomic E-state index is 12.9. The molecule has 2 N–H and O–H groups in total. The van der Waals surface area contributed by atoms with Crippen molar-refractivity contribution in [3.8, 4) is 0 Å². The molecule has 24 heavy (non-hydrogen) atoms. The average molecular weight is 336 g/mol. The van der Waals surface area contributed by atoms with Crippen molar-refractivity contribution < 1.29 is 19.1 Å². The number of hydrogen-bond donors (Lipinski definition) is 2. The number of nitrogens with one attached hydrogen (secondary N) is 1. The van der Waals surface area contributed by atoms with E-state index in [1.165, 1.54) is 37.1 Å². The number of nitrogens with zero attached hydrogens (tertiary/aromatic N) is 1. The Hall–Kier alpha value is -1.95. The predicted molar refractivity (Wildman–Crippen MR) is 89.2 cm³/mol. The minimum Gasteiger partial charge on any atom is -0.480 e. The molecule has 1 aliphatic rings. The van der Waals surface area contributed by atoms with Crippen LogP contribution in [0.25, 0.3) is 0 Å². The number of carbonyl (C=O) groups excluding carboxylic acids is 1. The molecule has 1 aromatic carbocycles. The number of carboxylic acid groups (broad SMARTS) is 1. The molecule has 0 bridgehead atoms. The molecule has 0 aromatic heterocycles. The van der Waals surface area contributed by atoms with Gasteiger partial charge >= 0.3 is 5.97 Å². The SMILES string of the molecule is O=C(CCN1CCCCCC1)NC(Cc1ccc(F)cc1)C(=O)O. The maximum atomic E-state index is 12.9. The molecule has 1 atom stereocenters. The summed E-state index contributed by atoms with van der Waals surface area (Å²) in [6.07, 6.45) is 5.23. The van der Waals surface area contributed by atoms with Gasteiger partial charge in [-0.1, -0.05) is 25.0 Å². The molecule has 2 rings (SSSR count). The molecule has 0 aliphatic carbocycles. The van der Waals surface area contributed by atoms with Crippen LogP contribution in [0.1, 0.15) is 37.7 Å². The molecule has 6 heteroatoms.